The van der Waals surface area contributed by atoms with Crippen molar-refractivity contribution in [3.8, 4) is 0 Å². The van der Waals surface area contributed by atoms with E-state index in [1.807, 2.05) is 13.8 Å². The van der Waals surface area contributed by atoms with Crippen LogP contribution in [0.4, 0.5) is 0 Å². The minimum Gasteiger partial charge on any atom is -0.479 e. The van der Waals surface area contributed by atoms with Crippen LogP contribution in [0, 0.1) is 11.8 Å². The van der Waals surface area contributed by atoms with E-state index >= 15 is 0 Å². The Hall–Kier alpha value is -1.10. The van der Waals surface area contributed by atoms with Gasteiger partial charge in [0.05, 0.1) is 6.61 Å². The molecule has 94 valence electrons. The molecule has 5 heteroatoms. The van der Waals surface area contributed by atoms with Gasteiger partial charge in [0.15, 0.2) is 5.54 Å². The average Bonchev–Trinajstić information content (AvgIpc) is 2.16. The number of carbonyl (C=O) groups is 2. The van der Waals surface area contributed by atoms with E-state index in [2.05, 4.69) is 5.32 Å². The van der Waals surface area contributed by atoms with Gasteiger partial charge in [0.2, 0.25) is 5.91 Å². The van der Waals surface area contributed by atoms with Crippen molar-refractivity contribution < 1.29 is 19.4 Å². The fraction of sp³-hybridized carbons (Fsp3) is 0.818. The molecule has 0 aromatic heterocycles. The Labute approximate surface area is 96.2 Å². The summed E-state index contributed by atoms with van der Waals surface area (Å²) < 4.78 is 4.81. The second-order valence-corrected chi connectivity index (χ2v) is 4.59. The van der Waals surface area contributed by atoms with Crippen LogP contribution in [0.25, 0.3) is 0 Å². The predicted octanol–water partition coefficient (Wildman–Crippen LogP) is 0.884. The van der Waals surface area contributed by atoms with Crippen molar-refractivity contribution in [3.05, 3.63) is 0 Å². The molecule has 0 aliphatic rings. The summed E-state index contributed by atoms with van der Waals surface area (Å²) in [6.45, 7) is 6.98. The summed E-state index contributed by atoms with van der Waals surface area (Å²) in [7, 11) is 1.40. The molecule has 2 atom stereocenters. The Morgan fingerprint density at radius 2 is 1.88 bits per heavy atom. The molecule has 0 aliphatic heterocycles. The third-order valence-electron chi connectivity index (χ3n) is 2.72. The molecule has 2 unspecified atom stereocenters. The van der Waals surface area contributed by atoms with Gasteiger partial charge >= 0.3 is 5.97 Å². The molecule has 0 aliphatic carbocycles. The summed E-state index contributed by atoms with van der Waals surface area (Å²) in [5.41, 5.74) is -1.37. The number of carbonyl (C=O) groups excluding carboxylic acids is 1. The van der Waals surface area contributed by atoms with Crippen LogP contribution in [0.3, 0.4) is 0 Å². The summed E-state index contributed by atoms with van der Waals surface area (Å²) in [5.74, 6) is -1.42. The minimum absolute atomic E-state index is 0.0567. The molecule has 0 saturated heterocycles. The second kappa shape index (κ2) is 5.84. The van der Waals surface area contributed by atoms with E-state index < -0.39 is 11.5 Å². The summed E-state index contributed by atoms with van der Waals surface area (Å²) >= 11 is 0. The van der Waals surface area contributed by atoms with E-state index in [-0.39, 0.29) is 24.3 Å². The largest absolute Gasteiger partial charge is 0.479 e. The number of methoxy groups -OCH3 is 1. The molecule has 2 N–H and O–H groups in total. The van der Waals surface area contributed by atoms with Crippen LogP contribution in [-0.2, 0) is 14.3 Å². The Morgan fingerprint density at radius 1 is 1.38 bits per heavy atom. The van der Waals surface area contributed by atoms with Crippen molar-refractivity contribution in [1.29, 1.82) is 0 Å². The first-order valence-electron chi connectivity index (χ1n) is 5.29. The van der Waals surface area contributed by atoms with Gasteiger partial charge in [-0.2, -0.15) is 0 Å². The zero-order valence-corrected chi connectivity index (χ0v) is 10.5. The van der Waals surface area contributed by atoms with Gasteiger partial charge in [-0.25, -0.2) is 4.79 Å². The van der Waals surface area contributed by atoms with E-state index in [9.17, 15) is 9.59 Å². The van der Waals surface area contributed by atoms with Crippen LogP contribution in [-0.4, -0.2) is 36.2 Å². The smallest absolute Gasteiger partial charge is 0.331 e. The maximum Gasteiger partial charge on any atom is 0.331 e. The Bertz CT molecular complexity index is 265. The number of rotatable bonds is 6. The molecule has 0 spiro atoms. The van der Waals surface area contributed by atoms with Crippen molar-refractivity contribution in [2.45, 2.75) is 33.2 Å². The summed E-state index contributed by atoms with van der Waals surface area (Å²) in [4.78, 5) is 22.8. The highest BCUT2D eigenvalue weighted by atomic mass is 16.5. The van der Waals surface area contributed by atoms with Crippen LogP contribution in [0.2, 0.25) is 0 Å². The molecule has 0 heterocycles. The first-order chi connectivity index (χ1) is 7.24. The fourth-order valence-electron chi connectivity index (χ4n) is 1.13. The zero-order valence-electron chi connectivity index (χ0n) is 10.5. The number of nitrogens with one attached hydrogen (secondary N) is 1. The lowest BCUT2D eigenvalue weighted by Gasteiger charge is -2.27. The number of ether oxygens (including phenoxy) is 1. The Kier molecular flexibility index (Phi) is 5.44. The van der Waals surface area contributed by atoms with Gasteiger partial charge in [-0.3, -0.25) is 4.79 Å². The topological polar surface area (TPSA) is 75.6 Å². The molecule has 5 nitrogen and oxygen atoms in total. The van der Waals surface area contributed by atoms with Crippen LogP contribution in [0.5, 0.6) is 0 Å². The van der Waals surface area contributed by atoms with E-state index in [0.29, 0.717) is 0 Å². The fourth-order valence-corrected chi connectivity index (χ4v) is 1.13. The molecule has 0 aromatic carbocycles. The lowest BCUT2D eigenvalue weighted by Crippen LogP contribution is -2.56. The summed E-state index contributed by atoms with van der Waals surface area (Å²) in [6.07, 6.45) is 0. The highest BCUT2D eigenvalue weighted by molar-refractivity contribution is 5.87. The molecule has 0 radical (unpaired) electrons. The normalized spacial score (nSPS) is 16.6. The number of carboxylic acid groups (broad SMARTS) is 1. The van der Waals surface area contributed by atoms with Crippen molar-refractivity contribution >= 4 is 11.9 Å². The van der Waals surface area contributed by atoms with Crippen LogP contribution in [0.15, 0.2) is 0 Å². The van der Waals surface area contributed by atoms with Crippen LogP contribution >= 0.6 is 0 Å². The number of amides is 1. The molecule has 16 heavy (non-hydrogen) atoms. The lowest BCUT2D eigenvalue weighted by molar-refractivity contribution is -0.150. The zero-order chi connectivity index (χ0) is 12.9. The first-order valence-corrected chi connectivity index (χ1v) is 5.29. The van der Waals surface area contributed by atoms with Gasteiger partial charge < -0.3 is 15.2 Å². The monoisotopic (exact) mass is 231 g/mol. The maximum absolute atomic E-state index is 11.7. The van der Waals surface area contributed by atoms with E-state index in [1.54, 1.807) is 6.92 Å². The SMILES string of the molecule is COCC(C)(NC(=O)C(C)C(C)C)C(=O)O. The van der Waals surface area contributed by atoms with E-state index in [0.717, 1.165) is 0 Å². The highest BCUT2D eigenvalue weighted by Crippen LogP contribution is 2.12. The molecule has 0 fully saturated rings. The predicted molar refractivity (Wildman–Crippen MR) is 60.1 cm³/mol. The molecular formula is C11H21NO4. The van der Waals surface area contributed by atoms with Gasteiger partial charge in [0, 0.05) is 13.0 Å². The second-order valence-electron chi connectivity index (χ2n) is 4.59. The van der Waals surface area contributed by atoms with E-state index in [4.69, 9.17) is 9.84 Å². The van der Waals surface area contributed by atoms with Crippen LogP contribution < -0.4 is 5.32 Å². The van der Waals surface area contributed by atoms with Gasteiger partial charge in [-0.05, 0) is 12.8 Å². The number of hydrogen-bond acceptors (Lipinski definition) is 3. The van der Waals surface area contributed by atoms with Gasteiger partial charge in [-0.15, -0.1) is 0 Å². The van der Waals surface area contributed by atoms with Crippen molar-refractivity contribution in [2.24, 2.45) is 11.8 Å². The third kappa shape index (κ3) is 3.81. The quantitative estimate of drug-likeness (QED) is 0.711. The van der Waals surface area contributed by atoms with Gasteiger partial charge in [-0.1, -0.05) is 20.8 Å². The maximum atomic E-state index is 11.7. The van der Waals surface area contributed by atoms with Gasteiger partial charge in [0.1, 0.15) is 0 Å². The molecule has 1 amide bonds. The van der Waals surface area contributed by atoms with Crippen LogP contribution in [0.1, 0.15) is 27.7 Å². The molecule has 0 aromatic rings. The van der Waals surface area contributed by atoms with E-state index in [1.165, 1.54) is 14.0 Å². The number of hydrogen-bond donors (Lipinski definition) is 2. The highest BCUT2D eigenvalue weighted by Gasteiger charge is 2.36. The first kappa shape index (κ1) is 14.9. The average molecular weight is 231 g/mol. The third-order valence-corrected chi connectivity index (χ3v) is 2.72. The summed E-state index contributed by atoms with van der Waals surface area (Å²) in [6, 6.07) is 0. The number of carboxylic acids is 1. The summed E-state index contributed by atoms with van der Waals surface area (Å²) in [5, 5.41) is 11.5. The molecule has 0 bridgehead atoms. The van der Waals surface area contributed by atoms with Crippen molar-refractivity contribution in [3.63, 3.8) is 0 Å². The standard InChI is InChI=1S/C11H21NO4/c1-7(2)8(3)9(13)12-11(4,6-16-5)10(14)15/h7-8H,6H2,1-5H3,(H,12,13)(H,14,15). The Morgan fingerprint density at radius 3 is 2.19 bits per heavy atom. The minimum atomic E-state index is -1.37. The van der Waals surface area contributed by atoms with Crippen molar-refractivity contribution in [2.75, 3.05) is 13.7 Å². The van der Waals surface area contributed by atoms with Crippen molar-refractivity contribution in [1.82, 2.24) is 5.32 Å². The molecular weight excluding hydrogens is 210 g/mol. The lowest BCUT2D eigenvalue weighted by atomic mass is 9.95. The van der Waals surface area contributed by atoms with Gasteiger partial charge in [0.25, 0.3) is 0 Å². The number of aliphatic carboxylic acids is 1. The Balaban J connectivity index is 4.65. The molecule has 0 saturated carbocycles. The molecule has 0 rings (SSSR count).